The normalized spacial score (nSPS) is 12.1. The molecule has 2 nitrogen and oxygen atoms in total. The van der Waals surface area contributed by atoms with E-state index in [0.29, 0.717) is 0 Å². The van der Waals surface area contributed by atoms with E-state index >= 15 is 0 Å². The van der Waals surface area contributed by atoms with Gasteiger partial charge in [-0.1, -0.05) is 23.7 Å². The van der Waals surface area contributed by atoms with Crippen LogP contribution in [0.2, 0.25) is 5.02 Å². The van der Waals surface area contributed by atoms with Crippen LogP contribution in [0.5, 0.6) is 0 Å². The number of halogens is 1. The van der Waals surface area contributed by atoms with Crippen molar-refractivity contribution in [3.05, 3.63) is 34.9 Å². The summed E-state index contributed by atoms with van der Waals surface area (Å²) in [5, 5.41) is 0.758. The van der Waals surface area contributed by atoms with Crippen LogP contribution in [0.3, 0.4) is 0 Å². The Bertz CT molecular complexity index is 340. The van der Waals surface area contributed by atoms with Crippen molar-refractivity contribution in [1.82, 2.24) is 5.43 Å². The molecule has 86 valence electrons. The topological polar surface area (TPSA) is 38.0 Å². The molecule has 0 aliphatic carbocycles. The maximum Gasteiger partial charge on any atom is 0.0406 e. The van der Waals surface area contributed by atoms with Gasteiger partial charge in [-0.3, -0.25) is 11.3 Å². The molecule has 0 amide bonds. The van der Waals surface area contributed by atoms with Crippen LogP contribution in [-0.2, 0) is 6.42 Å². The highest BCUT2D eigenvalue weighted by Crippen LogP contribution is 2.12. The predicted molar refractivity (Wildman–Crippen MR) is 69.0 cm³/mol. The largest absolute Gasteiger partial charge is 0.271 e. The second kappa shape index (κ2) is 7.29. The van der Waals surface area contributed by atoms with Gasteiger partial charge in [0.15, 0.2) is 0 Å². The van der Waals surface area contributed by atoms with Gasteiger partial charge in [-0.05, 0) is 37.0 Å². The Morgan fingerprint density at radius 2 is 2.06 bits per heavy atom. The van der Waals surface area contributed by atoms with Crippen LogP contribution in [-0.4, -0.2) is 6.04 Å². The van der Waals surface area contributed by atoms with E-state index in [1.165, 1.54) is 5.56 Å². The van der Waals surface area contributed by atoms with E-state index in [1.807, 2.05) is 24.3 Å². The smallest absolute Gasteiger partial charge is 0.0406 e. The van der Waals surface area contributed by atoms with E-state index in [1.54, 1.807) is 0 Å². The fourth-order valence-corrected chi connectivity index (χ4v) is 1.73. The number of hydrogen-bond donors (Lipinski definition) is 2. The molecule has 1 aromatic carbocycles. The van der Waals surface area contributed by atoms with E-state index < -0.39 is 0 Å². The average molecular weight is 237 g/mol. The first-order chi connectivity index (χ1) is 7.76. The number of nitrogens with two attached hydrogens (primary N) is 1. The maximum absolute atomic E-state index is 5.82. The molecule has 16 heavy (non-hydrogen) atoms. The molecule has 0 saturated carbocycles. The Labute approximate surface area is 102 Å². The first-order valence-corrected chi connectivity index (χ1v) is 5.78. The van der Waals surface area contributed by atoms with Gasteiger partial charge in [-0.15, -0.1) is 12.3 Å². The lowest BCUT2D eigenvalue weighted by molar-refractivity contribution is 0.479. The number of terminal acetylenes is 1. The third-order valence-electron chi connectivity index (χ3n) is 2.50. The molecule has 0 aliphatic heterocycles. The molecule has 1 atom stereocenters. The molecule has 0 heterocycles. The zero-order valence-corrected chi connectivity index (χ0v) is 10.0. The molecular weight excluding hydrogens is 220 g/mol. The van der Waals surface area contributed by atoms with Crippen molar-refractivity contribution in [2.45, 2.75) is 31.7 Å². The van der Waals surface area contributed by atoms with Crippen molar-refractivity contribution >= 4 is 11.6 Å². The molecule has 1 aromatic rings. The lowest BCUT2D eigenvalue weighted by Crippen LogP contribution is -2.36. The van der Waals surface area contributed by atoms with Crippen molar-refractivity contribution in [2.24, 2.45) is 5.84 Å². The minimum Gasteiger partial charge on any atom is -0.271 e. The van der Waals surface area contributed by atoms with E-state index in [-0.39, 0.29) is 6.04 Å². The second-order valence-corrected chi connectivity index (χ2v) is 4.23. The van der Waals surface area contributed by atoms with E-state index in [4.69, 9.17) is 23.9 Å². The summed E-state index contributed by atoms with van der Waals surface area (Å²) in [5.41, 5.74) is 4.05. The quantitative estimate of drug-likeness (QED) is 0.345. The second-order valence-electron chi connectivity index (χ2n) is 3.79. The molecule has 3 N–H and O–H groups in total. The molecular formula is C13H17ClN2. The summed E-state index contributed by atoms with van der Waals surface area (Å²) >= 11 is 5.82. The van der Waals surface area contributed by atoms with Crippen molar-refractivity contribution < 1.29 is 0 Å². The van der Waals surface area contributed by atoms with E-state index in [0.717, 1.165) is 30.7 Å². The summed E-state index contributed by atoms with van der Waals surface area (Å²) in [6.07, 6.45) is 8.90. The molecule has 0 aliphatic rings. The summed E-state index contributed by atoms with van der Waals surface area (Å²) < 4.78 is 0. The Morgan fingerprint density at radius 3 is 2.62 bits per heavy atom. The third kappa shape index (κ3) is 4.67. The molecule has 1 rings (SSSR count). The number of rotatable bonds is 6. The van der Waals surface area contributed by atoms with E-state index in [2.05, 4.69) is 11.3 Å². The van der Waals surface area contributed by atoms with Crippen LogP contribution in [0.25, 0.3) is 0 Å². The summed E-state index contributed by atoms with van der Waals surface area (Å²) in [7, 11) is 0. The van der Waals surface area contributed by atoms with Gasteiger partial charge in [0, 0.05) is 17.5 Å². The Kier molecular flexibility index (Phi) is 5.95. The average Bonchev–Trinajstić information content (AvgIpc) is 2.31. The van der Waals surface area contributed by atoms with Crippen LogP contribution in [0.4, 0.5) is 0 Å². The van der Waals surface area contributed by atoms with Crippen LogP contribution in [0, 0.1) is 12.3 Å². The van der Waals surface area contributed by atoms with Crippen molar-refractivity contribution in [3.63, 3.8) is 0 Å². The molecule has 0 bridgehead atoms. The minimum absolute atomic E-state index is 0.273. The summed E-state index contributed by atoms with van der Waals surface area (Å²) in [6.45, 7) is 0. The van der Waals surface area contributed by atoms with Gasteiger partial charge in [0.25, 0.3) is 0 Å². The molecule has 0 aromatic heterocycles. The van der Waals surface area contributed by atoms with Gasteiger partial charge in [0.2, 0.25) is 0 Å². The third-order valence-corrected chi connectivity index (χ3v) is 2.76. The van der Waals surface area contributed by atoms with Crippen LogP contribution < -0.4 is 11.3 Å². The Hall–Kier alpha value is -1.01. The summed E-state index contributed by atoms with van der Waals surface area (Å²) in [5.74, 6) is 8.14. The lowest BCUT2D eigenvalue weighted by Gasteiger charge is -2.15. The zero-order chi connectivity index (χ0) is 11.8. The molecule has 1 unspecified atom stereocenters. The van der Waals surface area contributed by atoms with E-state index in [9.17, 15) is 0 Å². The molecule has 0 radical (unpaired) electrons. The molecule has 0 fully saturated rings. The fraction of sp³-hybridized carbons (Fsp3) is 0.385. The number of benzene rings is 1. The zero-order valence-electron chi connectivity index (χ0n) is 9.25. The first kappa shape index (κ1) is 13.1. The Balaban J connectivity index is 2.43. The van der Waals surface area contributed by atoms with Gasteiger partial charge in [0.05, 0.1) is 0 Å². The van der Waals surface area contributed by atoms with Crippen LogP contribution in [0.1, 0.15) is 24.8 Å². The summed E-state index contributed by atoms with van der Waals surface area (Å²) in [4.78, 5) is 0. The number of nitrogens with one attached hydrogen (secondary N) is 1. The minimum atomic E-state index is 0.273. The van der Waals surface area contributed by atoms with Crippen LogP contribution in [0.15, 0.2) is 24.3 Å². The van der Waals surface area contributed by atoms with Gasteiger partial charge in [-0.25, -0.2) is 0 Å². The lowest BCUT2D eigenvalue weighted by atomic mass is 10.0. The highest BCUT2D eigenvalue weighted by atomic mass is 35.5. The molecule has 3 heteroatoms. The molecule has 0 spiro atoms. The van der Waals surface area contributed by atoms with Crippen molar-refractivity contribution in [1.29, 1.82) is 0 Å². The van der Waals surface area contributed by atoms with Gasteiger partial charge >= 0.3 is 0 Å². The predicted octanol–water partition coefficient (Wildman–Crippen LogP) is 2.52. The number of hydrogen-bond acceptors (Lipinski definition) is 2. The Morgan fingerprint density at radius 1 is 1.38 bits per heavy atom. The van der Waals surface area contributed by atoms with Crippen molar-refractivity contribution in [3.8, 4) is 12.3 Å². The summed E-state index contributed by atoms with van der Waals surface area (Å²) in [6, 6.07) is 8.11. The number of hydrazine groups is 1. The highest BCUT2D eigenvalue weighted by Gasteiger charge is 2.06. The van der Waals surface area contributed by atoms with Crippen molar-refractivity contribution in [2.75, 3.05) is 0 Å². The first-order valence-electron chi connectivity index (χ1n) is 5.40. The SMILES string of the molecule is C#CCCCC(Cc1ccc(Cl)cc1)NN. The monoisotopic (exact) mass is 236 g/mol. The molecule has 0 saturated heterocycles. The maximum atomic E-state index is 5.82. The van der Waals surface area contributed by atoms with Crippen LogP contribution >= 0.6 is 11.6 Å². The fourth-order valence-electron chi connectivity index (χ4n) is 1.60. The van der Waals surface area contributed by atoms with Gasteiger partial charge in [0.1, 0.15) is 0 Å². The highest BCUT2D eigenvalue weighted by molar-refractivity contribution is 6.30. The van der Waals surface area contributed by atoms with Gasteiger partial charge in [-0.2, -0.15) is 0 Å². The standard InChI is InChI=1S/C13H17ClN2/c1-2-3-4-5-13(16-15)10-11-6-8-12(14)9-7-11/h1,6-9,13,16H,3-5,10,15H2. The number of unbranched alkanes of at least 4 members (excludes halogenated alkanes) is 1. The van der Waals surface area contributed by atoms with Gasteiger partial charge < -0.3 is 0 Å².